The molecule has 0 bridgehead atoms. The van der Waals surface area contributed by atoms with Gasteiger partial charge in [0.25, 0.3) is 5.91 Å². The SMILES string of the molecule is C=CC(=C)C.Cc1cccc(-n2c3cc(-c4ccccc4C#N)ccc3c3ccc(-c4ccccc4C#N)cc32)c1C(=O)N(C)C=O. The van der Waals surface area contributed by atoms with E-state index in [1.165, 1.54) is 7.05 Å². The van der Waals surface area contributed by atoms with Crippen molar-refractivity contribution in [1.29, 1.82) is 10.5 Å². The van der Waals surface area contributed by atoms with Crippen molar-refractivity contribution in [2.45, 2.75) is 13.8 Å². The van der Waals surface area contributed by atoms with Crippen molar-refractivity contribution in [3.05, 3.63) is 150 Å². The van der Waals surface area contributed by atoms with Gasteiger partial charge in [0.05, 0.1) is 45.5 Å². The van der Waals surface area contributed by atoms with Crippen LogP contribution >= 0.6 is 0 Å². The van der Waals surface area contributed by atoms with Crippen LogP contribution in [0.2, 0.25) is 0 Å². The normalized spacial score (nSPS) is 10.3. The number of hydrogen-bond acceptors (Lipinski definition) is 4. The number of carbonyl (C=O) groups excluding carboxylic acids is 2. The smallest absolute Gasteiger partial charge is 0.262 e. The van der Waals surface area contributed by atoms with E-state index < -0.39 is 5.91 Å². The van der Waals surface area contributed by atoms with Crippen molar-refractivity contribution < 1.29 is 9.59 Å². The quantitative estimate of drug-likeness (QED) is 0.139. The molecule has 1 aromatic heterocycles. The molecule has 0 aliphatic heterocycles. The third-order valence-electron chi connectivity index (χ3n) is 8.02. The van der Waals surface area contributed by atoms with Crippen LogP contribution in [0.3, 0.4) is 0 Å². The summed E-state index contributed by atoms with van der Waals surface area (Å²) in [5.41, 5.74) is 8.96. The van der Waals surface area contributed by atoms with Crippen LogP contribution in [-0.2, 0) is 4.79 Å². The van der Waals surface area contributed by atoms with Crippen LogP contribution in [0.4, 0.5) is 0 Å². The molecule has 47 heavy (non-hydrogen) atoms. The number of nitrogens with zero attached hydrogens (tertiary/aromatic N) is 4. The molecule has 0 radical (unpaired) electrons. The summed E-state index contributed by atoms with van der Waals surface area (Å²) in [5.74, 6) is -0.412. The average molecular weight is 613 g/mol. The summed E-state index contributed by atoms with van der Waals surface area (Å²) in [4.78, 5) is 26.2. The lowest BCUT2D eigenvalue weighted by atomic mass is 9.98. The standard InChI is InChI=1S/C36H24N4O2.C5H8/c1-23-8-7-13-32(35(23)36(42)39(2)22-41)40-33-18-24(28-11-5-3-9-26(28)20-37)14-16-30(33)31-17-15-25(19-34(31)40)29-12-6-4-10-27(29)21-38;1-4-5(2)3/h3-19,22H,1-2H3;4H,1-2H2,3H3. The van der Waals surface area contributed by atoms with Crippen LogP contribution in [0, 0.1) is 29.6 Å². The number of carbonyl (C=O) groups is 2. The number of amides is 2. The van der Waals surface area contributed by atoms with Gasteiger partial charge in [0.15, 0.2) is 0 Å². The second kappa shape index (κ2) is 13.6. The van der Waals surface area contributed by atoms with E-state index in [-0.39, 0.29) is 0 Å². The molecule has 0 saturated heterocycles. The Labute approximate surface area is 274 Å². The Hall–Kier alpha value is -6.50. The summed E-state index contributed by atoms with van der Waals surface area (Å²) in [5, 5.41) is 21.5. The minimum atomic E-state index is -0.412. The first-order valence-corrected chi connectivity index (χ1v) is 14.9. The van der Waals surface area contributed by atoms with Gasteiger partial charge in [0, 0.05) is 17.8 Å². The average Bonchev–Trinajstić information content (AvgIpc) is 3.43. The molecule has 6 nitrogen and oxygen atoms in total. The molecule has 2 amide bonds. The van der Waals surface area contributed by atoms with Crippen LogP contribution in [0.1, 0.15) is 34.0 Å². The summed E-state index contributed by atoms with van der Waals surface area (Å²) < 4.78 is 2.04. The predicted molar refractivity (Wildman–Crippen MR) is 189 cm³/mol. The topological polar surface area (TPSA) is 89.9 Å². The minimum absolute atomic E-state index is 0.412. The van der Waals surface area contributed by atoms with Gasteiger partial charge in [-0.15, -0.1) is 0 Å². The van der Waals surface area contributed by atoms with Crippen LogP contribution in [0.25, 0.3) is 49.7 Å². The molecule has 0 saturated carbocycles. The molecule has 1 heterocycles. The first-order valence-electron chi connectivity index (χ1n) is 14.9. The lowest BCUT2D eigenvalue weighted by molar-refractivity contribution is -0.115. The molecule has 0 spiro atoms. The lowest BCUT2D eigenvalue weighted by Crippen LogP contribution is -2.27. The molecule has 0 aliphatic rings. The van der Waals surface area contributed by atoms with E-state index in [0.717, 1.165) is 60.1 Å². The Morgan fingerprint density at radius 1 is 0.787 bits per heavy atom. The first kappa shape index (κ1) is 31.9. The Bertz CT molecular complexity index is 2180. The maximum Gasteiger partial charge on any atom is 0.262 e. The zero-order valence-electron chi connectivity index (χ0n) is 26.5. The molecule has 0 unspecified atom stereocenters. The molecule has 228 valence electrons. The molecule has 6 rings (SSSR count). The summed E-state index contributed by atoms with van der Waals surface area (Å²) >= 11 is 0. The number of fused-ring (bicyclic) bond motifs is 3. The number of aromatic nitrogens is 1. The zero-order valence-corrected chi connectivity index (χ0v) is 26.5. The monoisotopic (exact) mass is 612 g/mol. The second-order valence-electron chi connectivity index (χ2n) is 11.2. The van der Waals surface area contributed by atoms with E-state index in [4.69, 9.17) is 0 Å². The van der Waals surface area contributed by atoms with Gasteiger partial charge in [0.1, 0.15) is 0 Å². The fourth-order valence-electron chi connectivity index (χ4n) is 5.62. The van der Waals surface area contributed by atoms with Crippen LogP contribution < -0.4 is 0 Å². The van der Waals surface area contributed by atoms with Crippen molar-refractivity contribution in [3.63, 3.8) is 0 Å². The molecule has 5 aromatic carbocycles. The van der Waals surface area contributed by atoms with Crippen molar-refractivity contribution in [1.82, 2.24) is 9.47 Å². The molecular formula is C41H32N4O2. The number of rotatable bonds is 6. The van der Waals surface area contributed by atoms with Crippen LogP contribution in [0.15, 0.2) is 128 Å². The van der Waals surface area contributed by atoms with E-state index in [1.807, 2.05) is 109 Å². The van der Waals surface area contributed by atoms with Crippen LogP contribution in [0.5, 0.6) is 0 Å². The number of benzene rings is 5. The van der Waals surface area contributed by atoms with Crippen molar-refractivity contribution in [2.24, 2.45) is 0 Å². The van der Waals surface area contributed by atoms with Gasteiger partial charge in [-0.05, 0) is 72.0 Å². The number of aryl methyl sites for hydroxylation is 1. The third kappa shape index (κ3) is 6.09. The van der Waals surface area contributed by atoms with Crippen molar-refractivity contribution in [2.75, 3.05) is 7.05 Å². The van der Waals surface area contributed by atoms with E-state index in [1.54, 1.807) is 18.2 Å². The number of allylic oxidation sites excluding steroid dienone is 2. The summed E-state index contributed by atoms with van der Waals surface area (Å²) in [6.07, 6.45) is 2.23. The fraction of sp³-hybridized carbons (Fsp3) is 0.0732. The Morgan fingerprint density at radius 2 is 1.28 bits per heavy atom. The van der Waals surface area contributed by atoms with Crippen LogP contribution in [-0.4, -0.2) is 28.8 Å². The maximum atomic E-state index is 13.5. The summed E-state index contributed by atoms with van der Waals surface area (Å²) in [6, 6.07) is 37.3. The van der Waals surface area contributed by atoms with Gasteiger partial charge in [-0.25, -0.2) is 0 Å². The zero-order chi connectivity index (χ0) is 33.7. The summed E-state index contributed by atoms with van der Waals surface area (Å²) in [7, 11) is 1.45. The molecule has 0 N–H and O–H groups in total. The maximum absolute atomic E-state index is 13.5. The van der Waals surface area contributed by atoms with E-state index >= 15 is 0 Å². The molecule has 0 atom stereocenters. The van der Waals surface area contributed by atoms with E-state index in [2.05, 4.69) is 25.3 Å². The molecule has 6 aromatic rings. The Kier molecular flexibility index (Phi) is 9.27. The number of nitriles is 2. The molecule has 0 aliphatic carbocycles. The van der Waals surface area contributed by atoms with Crippen molar-refractivity contribution >= 4 is 34.1 Å². The van der Waals surface area contributed by atoms with Gasteiger partial charge in [-0.2, -0.15) is 10.5 Å². The highest BCUT2D eigenvalue weighted by molar-refractivity contribution is 6.13. The highest BCUT2D eigenvalue weighted by Crippen LogP contribution is 2.39. The van der Waals surface area contributed by atoms with Gasteiger partial charge < -0.3 is 4.57 Å². The highest BCUT2D eigenvalue weighted by atomic mass is 16.2. The van der Waals surface area contributed by atoms with Gasteiger partial charge in [0.2, 0.25) is 6.41 Å². The molecular weight excluding hydrogens is 580 g/mol. The number of imide groups is 1. The van der Waals surface area contributed by atoms with E-state index in [0.29, 0.717) is 28.8 Å². The predicted octanol–water partition coefficient (Wildman–Crippen LogP) is 9.15. The highest BCUT2D eigenvalue weighted by Gasteiger charge is 2.23. The lowest BCUT2D eigenvalue weighted by Gasteiger charge is -2.18. The van der Waals surface area contributed by atoms with Gasteiger partial charge in [-0.3, -0.25) is 14.5 Å². The number of hydrogen-bond donors (Lipinski definition) is 0. The third-order valence-corrected chi connectivity index (χ3v) is 8.02. The molecule has 0 fully saturated rings. The van der Waals surface area contributed by atoms with E-state index in [9.17, 15) is 20.1 Å². The molecule has 6 heteroatoms. The minimum Gasteiger partial charge on any atom is -0.308 e. The first-order chi connectivity index (χ1) is 22.7. The van der Waals surface area contributed by atoms with Gasteiger partial charge in [-0.1, -0.05) is 97.6 Å². The fourth-order valence-corrected chi connectivity index (χ4v) is 5.62. The summed E-state index contributed by atoms with van der Waals surface area (Å²) in [6.45, 7) is 10.8. The van der Waals surface area contributed by atoms with Gasteiger partial charge >= 0.3 is 0 Å². The Balaban J connectivity index is 0.000000807. The largest absolute Gasteiger partial charge is 0.308 e. The van der Waals surface area contributed by atoms with Crippen molar-refractivity contribution in [3.8, 4) is 40.1 Å². The Morgan fingerprint density at radius 3 is 1.72 bits per heavy atom. The second-order valence-corrected chi connectivity index (χ2v) is 11.2.